The Morgan fingerprint density at radius 3 is 2.44 bits per heavy atom. The first kappa shape index (κ1) is 14.3. The van der Waals surface area contributed by atoms with Gasteiger partial charge in [0.2, 0.25) is 0 Å². The average molecular weight is 250 g/mol. The number of hydrogen-bond acceptors (Lipinski definition) is 4. The summed E-state index contributed by atoms with van der Waals surface area (Å²) >= 11 is 0. The van der Waals surface area contributed by atoms with Crippen LogP contribution in [0.5, 0.6) is 0 Å². The summed E-state index contributed by atoms with van der Waals surface area (Å²) in [5.41, 5.74) is 6.15. The lowest BCUT2D eigenvalue weighted by Crippen LogP contribution is -2.48. The molecule has 18 heavy (non-hydrogen) atoms. The molecule has 0 spiro atoms. The Hall–Kier alpha value is -1.72. The van der Waals surface area contributed by atoms with Gasteiger partial charge in [-0.15, -0.1) is 0 Å². The van der Waals surface area contributed by atoms with Gasteiger partial charge in [-0.1, -0.05) is 30.3 Å². The maximum absolute atomic E-state index is 11.3. The molecule has 0 saturated carbocycles. The Kier molecular flexibility index (Phi) is 5.48. The topological polar surface area (TPSA) is 92.4 Å². The van der Waals surface area contributed by atoms with E-state index in [1.807, 2.05) is 30.3 Å². The van der Waals surface area contributed by atoms with E-state index in [1.165, 1.54) is 0 Å². The van der Waals surface area contributed by atoms with Crippen LogP contribution in [0.25, 0.3) is 0 Å². The minimum Gasteiger partial charge on any atom is -0.480 e. The molecule has 0 aromatic heterocycles. The molecule has 0 heterocycles. The van der Waals surface area contributed by atoms with Gasteiger partial charge in [0.05, 0.1) is 12.6 Å². The van der Waals surface area contributed by atoms with Crippen molar-refractivity contribution in [2.45, 2.75) is 25.4 Å². The van der Waals surface area contributed by atoms with E-state index in [1.54, 1.807) is 6.92 Å². The predicted molar refractivity (Wildman–Crippen MR) is 68.2 cm³/mol. The highest BCUT2D eigenvalue weighted by Crippen LogP contribution is 2.04. The molecular formula is C13H18N2O3. The highest BCUT2D eigenvalue weighted by atomic mass is 16.4. The molecule has 2 atom stereocenters. The van der Waals surface area contributed by atoms with Crippen LogP contribution < -0.4 is 11.1 Å². The first-order valence-corrected chi connectivity index (χ1v) is 5.80. The first-order valence-electron chi connectivity index (χ1n) is 5.80. The number of benzene rings is 1. The monoisotopic (exact) mass is 250 g/mol. The summed E-state index contributed by atoms with van der Waals surface area (Å²) in [6.45, 7) is 1.53. The zero-order chi connectivity index (χ0) is 13.5. The Bertz CT molecular complexity index is 406. The van der Waals surface area contributed by atoms with Crippen LogP contribution >= 0.6 is 0 Å². The SMILES string of the molecule is CC(NC(Cc1ccccc1)C(=O)O)C(=O)CN. The average Bonchev–Trinajstić information content (AvgIpc) is 2.37. The van der Waals surface area contributed by atoms with E-state index < -0.39 is 18.1 Å². The molecule has 1 aromatic rings. The number of nitrogens with one attached hydrogen (secondary N) is 1. The molecule has 0 fully saturated rings. The number of carbonyl (C=O) groups excluding carboxylic acids is 1. The molecule has 0 aliphatic heterocycles. The van der Waals surface area contributed by atoms with Crippen LogP contribution in [0.15, 0.2) is 30.3 Å². The summed E-state index contributed by atoms with van der Waals surface area (Å²) in [6.07, 6.45) is 0.332. The Morgan fingerprint density at radius 1 is 1.33 bits per heavy atom. The molecular weight excluding hydrogens is 232 g/mol. The Labute approximate surface area is 106 Å². The second kappa shape index (κ2) is 6.88. The standard InChI is InChI=1S/C13H18N2O3/c1-9(12(16)8-14)15-11(13(17)18)7-10-5-3-2-4-6-10/h2-6,9,11,15H,7-8,14H2,1H3,(H,17,18). The molecule has 1 rings (SSSR count). The van der Waals surface area contributed by atoms with Gasteiger partial charge in [-0.05, 0) is 18.9 Å². The van der Waals surface area contributed by atoms with E-state index in [2.05, 4.69) is 5.32 Å². The van der Waals surface area contributed by atoms with Crippen LogP contribution in [-0.4, -0.2) is 35.5 Å². The zero-order valence-corrected chi connectivity index (χ0v) is 10.3. The summed E-state index contributed by atoms with van der Waals surface area (Å²) in [5.74, 6) is -1.18. The molecule has 0 aliphatic rings. The summed E-state index contributed by atoms with van der Waals surface area (Å²) < 4.78 is 0. The fraction of sp³-hybridized carbons (Fsp3) is 0.385. The van der Waals surface area contributed by atoms with Gasteiger partial charge >= 0.3 is 5.97 Å². The molecule has 0 aliphatic carbocycles. The van der Waals surface area contributed by atoms with Crippen LogP contribution in [0, 0.1) is 0 Å². The summed E-state index contributed by atoms with van der Waals surface area (Å²) in [6, 6.07) is 7.93. The minimum absolute atomic E-state index is 0.0914. The third-order valence-electron chi connectivity index (χ3n) is 2.72. The maximum atomic E-state index is 11.3. The molecule has 0 bridgehead atoms. The van der Waals surface area contributed by atoms with E-state index in [0.29, 0.717) is 6.42 Å². The van der Waals surface area contributed by atoms with Crippen molar-refractivity contribution in [3.05, 3.63) is 35.9 Å². The zero-order valence-electron chi connectivity index (χ0n) is 10.3. The normalized spacial score (nSPS) is 13.9. The van der Waals surface area contributed by atoms with Crippen LogP contribution in [0.3, 0.4) is 0 Å². The van der Waals surface area contributed by atoms with E-state index in [9.17, 15) is 9.59 Å². The molecule has 0 radical (unpaired) electrons. The number of aliphatic carboxylic acids is 1. The van der Waals surface area contributed by atoms with Gasteiger partial charge in [-0.25, -0.2) is 0 Å². The molecule has 0 amide bonds. The van der Waals surface area contributed by atoms with Gasteiger partial charge in [0.1, 0.15) is 6.04 Å². The van der Waals surface area contributed by atoms with E-state index >= 15 is 0 Å². The van der Waals surface area contributed by atoms with Crippen LogP contribution in [-0.2, 0) is 16.0 Å². The lowest BCUT2D eigenvalue weighted by atomic mass is 10.0. The van der Waals surface area contributed by atoms with Gasteiger partial charge in [0.15, 0.2) is 5.78 Å². The number of hydrogen-bond donors (Lipinski definition) is 3. The molecule has 2 unspecified atom stereocenters. The molecule has 5 heteroatoms. The molecule has 0 saturated heterocycles. The number of rotatable bonds is 7. The van der Waals surface area contributed by atoms with Crippen LogP contribution in [0.1, 0.15) is 12.5 Å². The quantitative estimate of drug-likeness (QED) is 0.642. The molecule has 5 nitrogen and oxygen atoms in total. The van der Waals surface area contributed by atoms with Crippen molar-refractivity contribution in [3.63, 3.8) is 0 Å². The van der Waals surface area contributed by atoms with Crippen LogP contribution in [0.2, 0.25) is 0 Å². The Balaban J connectivity index is 2.67. The van der Waals surface area contributed by atoms with E-state index in [-0.39, 0.29) is 12.3 Å². The van der Waals surface area contributed by atoms with E-state index in [0.717, 1.165) is 5.56 Å². The van der Waals surface area contributed by atoms with Crippen molar-refractivity contribution in [2.24, 2.45) is 5.73 Å². The second-order valence-corrected chi connectivity index (χ2v) is 4.14. The van der Waals surface area contributed by atoms with Crippen molar-refractivity contribution < 1.29 is 14.7 Å². The molecule has 1 aromatic carbocycles. The molecule has 4 N–H and O–H groups in total. The largest absolute Gasteiger partial charge is 0.480 e. The van der Waals surface area contributed by atoms with Crippen molar-refractivity contribution in [2.75, 3.05) is 6.54 Å². The predicted octanol–water partition coefficient (Wildman–Crippen LogP) is 0.188. The van der Waals surface area contributed by atoms with Crippen LogP contribution in [0.4, 0.5) is 0 Å². The molecule has 98 valence electrons. The van der Waals surface area contributed by atoms with Crippen molar-refractivity contribution in [1.82, 2.24) is 5.32 Å². The second-order valence-electron chi connectivity index (χ2n) is 4.14. The fourth-order valence-electron chi connectivity index (χ4n) is 1.64. The van der Waals surface area contributed by atoms with Crippen molar-refractivity contribution in [3.8, 4) is 0 Å². The maximum Gasteiger partial charge on any atom is 0.321 e. The van der Waals surface area contributed by atoms with Gasteiger partial charge in [-0.2, -0.15) is 0 Å². The number of carbonyl (C=O) groups is 2. The lowest BCUT2D eigenvalue weighted by Gasteiger charge is -2.19. The summed E-state index contributed by atoms with van der Waals surface area (Å²) in [4.78, 5) is 22.5. The number of nitrogens with two attached hydrogens (primary N) is 1. The van der Waals surface area contributed by atoms with Gasteiger partial charge in [0, 0.05) is 0 Å². The number of Topliss-reactive ketones (excluding diaryl/α,β-unsaturated/α-hetero) is 1. The first-order chi connectivity index (χ1) is 8.54. The smallest absolute Gasteiger partial charge is 0.321 e. The van der Waals surface area contributed by atoms with Crippen molar-refractivity contribution >= 4 is 11.8 Å². The third kappa shape index (κ3) is 4.27. The summed E-state index contributed by atoms with van der Waals surface area (Å²) in [5, 5.41) is 11.9. The fourth-order valence-corrected chi connectivity index (χ4v) is 1.64. The van der Waals surface area contributed by atoms with Gasteiger partial charge in [0.25, 0.3) is 0 Å². The van der Waals surface area contributed by atoms with Gasteiger partial charge < -0.3 is 10.8 Å². The summed E-state index contributed by atoms with van der Waals surface area (Å²) in [7, 11) is 0. The number of carboxylic acids is 1. The van der Waals surface area contributed by atoms with E-state index in [4.69, 9.17) is 10.8 Å². The van der Waals surface area contributed by atoms with Crippen molar-refractivity contribution in [1.29, 1.82) is 0 Å². The number of ketones is 1. The number of carboxylic acid groups (broad SMARTS) is 1. The van der Waals surface area contributed by atoms with Gasteiger partial charge in [-0.3, -0.25) is 14.9 Å². The third-order valence-corrected chi connectivity index (χ3v) is 2.72. The Morgan fingerprint density at radius 2 is 1.94 bits per heavy atom. The highest BCUT2D eigenvalue weighted by Gasteiger charge is 2.22. The minimum atomic E-state index is -0.976. The highest BCUT2D eigenvalue weighted by molar-refractivity contribution is 5.86. The lowest BCUT2D eigenvalue weighted by molar-refractivity contribution is -0.139.